The van der Waals surface area contributed by atoms with E-state index in [4.69, 9.17) is 9.47 Å². The summed E-state index contributed by atoms with van der Waals surface area (Å²) in [7, 11) is 0. The number of benzene rings is 4. The van der Waals surface area contributed by atoms with Gasteiger partial charge in [0.15, 0.2) is 0 Å². The number of fused-ring (bicyclic) bond motifs is 2. The number of nitrogens with zero attached hydrogens (tertiary/aromatic N) is 2. The van der Waals surface area contributed by atoms with Crippen molar-refractivity contribution in [1.82, 2.24) is 31.7 Å². The van der Waals surface area contributed by atoms with Gasteiger partial charge in [-0.05, 0) is 61.4 Å². The Kier molecular flexibility index (Phi) is 19.0. The quantitative estimate of drug-likeness (QED) is 0.106. The molecule has 0 atom stereocenters. The average Bonchev–Trinajstić information content (AvgIpc) is 3.20. The van der Waals surface area contributed by atoms with Gasteiger partial charge < -0.3 is 25.9 Å². The highest BCUT2D eigenvalue weighted by atomic mass is 16.5. The van der Waals surface area contributed by atoms with Gasteiger partial charge in [0.2, 0.25) is 11.8 Å². The second kappa shape index (κ2) is 23.6. The van der Waals surface area contributed by atoms with Gasteiger partial charge in [0, 0.05) is 47.1 Å². The van der Waals surface area contributed by atoms with E-state index in [0.29, 0.717) is 48.7 Å². The monoisotopic (exact) mass is 752 g/mol. The molecule has 0 unspecified atom stereocenters. The van der Waals surface area contributed by atoms with Crippen LogP contribution in [0.1, 0.15) is 46.4 Å². The third-order valence-corrected chi connectivity index (χ3v) is 7.51. The lowest BCUT2D eigenvalue weighted by molar-refractivity contribution is -0.122. The summed E-state index contributed by atoms with van der Waals surface area (Å²) in [5, 5.41) is 2.01. The van der Waals surface area contributed by atoms with Gasteiger partial charge in [0.1, 0.15) is 22.5 Å². The number of pyridine rings is 2. The van der Waals surface area contributed by atoms with Crippen molar-refractivity contribution in [2.24, 2.45) is 0 Å². The minimum Gasteiger partial charge on any atom is -0.491 e. The van der Waals surface area contributed by atoms with Crippen molar-refractivity contribution in [3.63, 3.8) is 0 Å². The van der Waals surface area contributed by atoms with E-state index < -0.39 is 0 Å². The molecule has 55 heavy (non-hydrogen) atoms. The summed E-state index contributed by atoms with van der Waals surface area (Å²) in [4.78, 5) is 55.9. The smallest absolute Gasteiger partial charge is 0.269 e. The number of hydrogen-bond donors (Lipinski definition) is 4. The lowest BCUT2D eigenvalue weighted by atomic mass is 10.2. The molecule has 15 nitrogen and oxygen atoms in total. The van der Waals surface area contributed by atoms with Crippen molar-refractivity contribution in [3.05, 3.63) is 145 Å². The van der Waals surface area contributed by atoms with E-state index >= 15 is 0 Å². The molecular weight excluding hydrogens is 708 g/mol. The van der Waals surface area contributed by atoms with Crippen LogP contribution in [0.3, 0.4) is 0 Å². The summed E-state index contributed by atoms with van der Waals surface area (Å²) in [6, 6.07) is 36.5. The summed E-state index contributed by atoms with van der Waals surface area (Å²) >= 11 is 0. The molecule has 4 amide bonds. The number of amides is 4. The SMILES string of the molecule is O.O.O.O=C(CCCOc1cccc2cccnc12)NNC(=O)c1ccccc1.O=C(CCCOc1cccc2cccnc12)NNC(=O)c1ccccc1. The van der Waals surface area contributed by atoms with Crippen LogP contribution in [-0.4, -0.2) is 63.2 Å². The molecule has 2 aromatic heterocycles. The maximum absolute atomic E-state index is 11.8. The van der Waals surface area contributed by atoms with Crippen LogP contribution >= 0.6 is 0 Å². The highest BCUT2D eigenvalue weighted by Crippen LogP contribution is 2.24. The maximum Gasteiger partial charge on any atom is 0.269 e. The molecule has 6 aromatic rings. The molecule has 288 valence electrons. The molecule has 0 aliphatic heterocycles. The number of nitrogens with one attached hydrogen (secondary N) is 4. The third-order valence-electron chi connectivity index (χ3n) is 7.51. The van der Waals surface area contributed by atoms with Crippen molar-refractivity contribution in [1.29, 1.82) is 0 Å². The minimum atomic E-state index is -0.350. The zero-order valence-corrected chi connectivity index (χ0v) is 29.8. The normalized spacial score (nSPS) is 9.75. The Bertz CT molecular complexity index is 1940. The fraction of sp³-hybridized carbons (Fsp3) is 0.150. The maximum atomic E-state index is 11.8. The van der Waals surface area contributed by atoms with Gasteiger partial charge in [0.05, 0.1) is 13.2 Å². The first-order valence-corrected chi connectivity index (χ1v) is 16.7. The Morgan fingerprint density at radius 2 is 0.836 bits per heavy atom. The van der Waals surface area contributed by atoms with E-state index in [0.717, 1.165) is 21.8 Å². The molecule has 6 rings (SSSR count). The van der Waals surface area contributed by atoms with Gasteiger partial charge in [-0.15, -0.1) is 0 Å². The topological polar surface area (TPSA) is 255 Å². The van der Waals surface area contributed by atoms with Crippen LogP contribution < -0.4 is 31.2 Å². The third kappa shape index (κ3) is 13.9. The number of rotatable bonds is 12. The molecule has 0 radical (unpaired) electrons. The fourth-order valence-corrected chi connectivity index (χ4v) is 4.92. The molecule has 0 spiro atoms. The first kappa shape index (κ1) is 44.2. The molecule has 0 saturated carbocycles. The van der Waals surface area contributed by atoms with Gasteiger partial charge in [-0.1, -0.05) is 72.8 Å². The molecule has 0 aliphatic rings. The van der Waals surface area contributed by atoms with E-state index in [1.165, 1.54) is 0 Å². The van der Waals surface area contributed by atoms with E-state index in [1.807, 2.05) is 72.8 Å². The lowest BCUT2D eigenvalue weighted by Crippen LogP contribution is -2.41. The van der Waals surface area contributed by atoms with Crippen LogP contribution in [0.4, 0.5) is 0 Å². The molecule has 15 heteroatoms. The van der Waals surface area contributed by atoms with Gasteiger partial charge in [0.25, 0.3) is 11.8 Å². The van der Waals surface area contributed by atoms with E-state index in [9.17, 15) is 19.2 Å². The number of hydrogen-bond acceptors (Lipinski definition) is 8. The van der Waals surface area contributed by atoms with E-state index in [2.05, 4.69) is 31.7 Å². The van der Waals surface area contributed by atoms with Gasteiger partial charge in [-0.2, -0.15) is 0 Å². The van der Waals surface area contributed by atoms with Gasteiger partial charge >= 0.3 is 0 Å². The zero-order chi connectivity index (χ0) is 36.4. The Morgan fingerprint density at radius 3 is 1.24 bits per heavy atom. The first-order chi connectivity index (χ1) is 25.5. The van der Waals surface area contributed by atoms with E-state index in [-0.39, 0.29) is 52.9 Å². The molecule has 0 saturated heterocycles. The van der Waals surface area contributed by atoms with Crippen molar-refractivity contribution in [3.8, 4) is 11.5 Å². The summed E-state index contributed by atoms with van der Waals surface area (Å²) < 4.78 is 11.5. The molecule has 0 bridgehead atoms. The fourth-order valence-electron chi connectivity index (χ4n) is 4.92. The van der Waals surface area contributed by atoms with Gasteiger partial charge in [-0.25, -0.2) is 0 Å². The Morgan fingerprint density at radius 1 is 0.455 bits per heavy atom. The number of para-hydroxylation sites is 2. The van der Waals surface area contributed by atoms with Crippen molar-refractivity contribution >= 4 is 45.4 Å². The molecule has 10 N–H and O–H groups in total. The number of carbonyl (C=O) groups excluding carboxylic acids is 4. The van der Waals surface area contributed by atoms with Gasteiger partial charge in [-0.3, -0.25) is 50.8 Å². The molecule has 4 aromatic carbocycles. The van der Waals surface area contributed by atoms with Crippen LogP contribution in [0.5, 0.6) is 11.5 Å². The number of hydrazine groups is 2. The van der Waals surface area contributed by atoms with Crippen molar-refractivity contribution in [2.75, 3.05) is 13.2 Å². The van der Waals surface area contributed by atoms with Crippen molar-refractivity contribution < 1.29 is 45.1 Å². The average molecular weight is 753 g/mol. The number of ether oxygens (including phenoxy) is 2. The van der Waals surface area contributed by atoms with Crippen molar-refractivity contribution in [2.45, 2.75) is 25.7 Å². The summed E-state index contributed by atoms with van der Waals surface area (Å²) in [6.45, 7) is 0.769. The largest absolute Gasteiger partial charge is 0.491 e. The summed E-state index contributed by atoms with van der Waals surface area (Å²) in [5.41, 5.74) is 12.2. The summed E-state index contributed by atoms with van der Waals surface area (Å²) in [5.74, 6) is 0.152. The van der Waals surface area contributed by atoms with Crippen LogP contribution in [0.15, 0.2) is 134 Å². The van der Waals surface area contributed by atoms with Crippen LogP contribution in [0.25, 0.3) is 21.8 Å². The second-order valence-corrected chi connectivity index (χ2v) is 11.3. The number of carbonyl (C=O) groups is 4. The standard InChI is InChI=1S/2C20H19N3O3.3H2O/c2*24-18(22-23-20(25)16-7-2-1-3-8-16)12-6-14-26-17-11-4-9-15-10-5-13-21-19(15)17;;;/h2*1-5,7-11,13H,6,12,14H2,(H,22,24)(H,23,25);3*1H2. The first-order valence-electron chi connectivity index (χ1n) is 16.7. The van der Waals surface area contributed by atoms with Crippen LogP contribution in [-0.2, 0) is 9.59 Å². The summed E-state index contributed by atoms with van der Waals surface area (Å²) in [6.07, 6.45) is 4.98. The molecule has 2 heterocycles. The highest BCUT2D eigenvalue weighted by molar-refractivity contribution is 5.96. The minimum absolute atomic E-state index is 0. The molecular formula is C40H44N6O9. The number of aromatic nitrogens is 2. The Balaban J connectivity index is 0.000000360. The lowest BCUT2D eigenvalue weighted by Gasteiger charge is -2.09. The highest BCUT2D eigenvalue weighted by Gasteiger charge is 2.09. The predicted molar refractivity (Wildman–Crippen MR) is 208 cm³/mol. The predicted octanol–water partition coefficient (Wildman–Crippen LogP) is 3.24. The Hall–Kier alpha value is -6.94. The van der Waals surface area contributed by atoms with Crippen LogP contribution in [0, 0.1) is 0 Å². The zero-order valence-electron chi connectivity index (χ0n) is 29.8. The second-order valence-electron chi connectivity index (χ2n) is 11.3. The van der Waals surface area contributed by atoms with E-state index in [1.54, 1.807) is 60.9 Å². The van der Waals surface area contributed by atoms with Crippen LogP contribution in [0.2, 0.25) is 0 Å². The molecule has 0 aliphatic carbocycles. The Labute approximate surface area is 317 Å². The molecule has 0 fully saturated rings.